The number of hydrogen-bond donors (Lipinski definition) is 0. The Labute approximate surface area is 122 Å². The zero-order valence-corrected chi connectivity index (χ0v) is 13.2. The molecule has 0 spiro atoms. The molecule has 1 saturated heterocycles. The Morgan fingerprint density at radius 1 is 1.30 bits per heavy atom. The number of nitrogens with zero attached hydrogens (tertiary/aromatic N) is 3. The number of rotatable bonds is 4. The molecule has 2 heterocycles. The van der Waals surface area contributed by atoms with Gasteiger partial charge in [0.2, 0.25) is 5.91 Å². The molecule has 20 heavy (non-hydrogen) atoms. The van der Waals surface area contributed by atoms with Crippen molar-refractivity contribution < 1.29 is 4.79 Å². The second-order valence-corrected chi connectivity index (χ2v) is 6.52. The van der Waals surface area contributed by atoms with Gasteiger partial charge in [0.15, 0.2) is 0 Å². The van der Waals surface area contributed by atoms with Gasteiger partial charge < -0.3 is 9.47 Å². The van der Waals surface area contributed by atoms with E-state index >= 15 is 0 Å². The van der Waals surface area contributed by atoms with E-state index in [9.17, 15) is 4.79 Å². The molecule has 0 unspecified atom stereocenters. The van der Waals surface area contributed by atoms with E-state index in [1.165, 1.54) is 5.82 Å². The molecule has 0 aliphatic carbocycles. The van der Waals surface area contributed by atoms with Crippen LogP contribution in [-0.2, 0) is 11.3 Å². The van der Waals surface area contributed by atoms with E-state index < -0.39 is 0 Å². The van der Waals surface area contributed by atoms with Gasteiger partial charge in [0.1, 0.15) is 5.82 Å². The van der Waals surface area contributed by atoms with Crippen molar-refractivity contribution in [3.8, 4) is 0 Å². The minimum Gasteiger partial charge on any atom is -0.342 e. The predicted molar refractivity (Wildman–Crippen MR) is 80.5 cm³/mol. The summed E-state index contributed by atoms with van der Waals surface area (Å²) in [6, 6.07) is 0. The molecule has 1 fully saturated rings. The molecule has 0 radical (unpaired) electrons. The average Bonchev–Trinajstić information content (AvgIpc) is 2.87. The maximum Gasteiger partial charge on any atom is 0.225 e. The van der Waals surface area contributed by atoms with Gasteiger partial charge in [-0.3, -0.25) is 4.79 Å². The maximum atomic E-state index is 12.0. The summed E-state index contributed by atoms with van der Waals surface area (Å²) >= 11 is 0. The lowest BCUT2D eigenvalue weighted by molar-refractivity contribution is -0.135. The van der Waals surface area contributed by atoms with Crippen molar-refractivity contribution in [2.45, 2.75) is 53.0 Å². The van der Waals surface area contributed by atoms with Crippen LogP contribution in [0.2, 0.25) is 0 Å². The smallest absolute Gasteiger partial charge is 0.225 e. The molecule has 1 aromatic rings. The number of piperidine rings is 1. The summed E-state index contributed by atoms with van der Waals surface area (Å²) in [6.45, 7) is 11.2. The maximum absolute atomic E-state index is 12.0. The number of carbonyl (C=O) groups excluding carboxylic acids is 1. The summed E-state index contributed by atoms with van der Waals surface area (Å²) in [6.07, 6.45) is 6.19. The summed E-state index contributed by atoms with van der Waals surface area (Å²) in [5.74, 6) is 2.72. The van der Waals surface area contributed by atoms with Crippen LogP contribution in [0.3, 0.4) is 0 Å². The van der Waals surface area contributed by atoms with Gasteiger partial charge in [-0.1, -0.05) is 27.7 Å². The number of amides is 1. The highest BCUT2D eigenvalue weighted by molar-refractivity contribution is 5.78. The first kappa shape index (κ1) is 15.1. The zero-order valence-electron chi connectivity index (χ0n) is 13.2. The third kappa shape index (κ3) is 3.41. The Balaban J connectivity index is 1.88. The SMILES string of the molecule is CC(C)C(=O)N1CCC(Cn2ccnc2C(C)C)CC1. The van der Waals surface area contributed by atoms with Gasteiger partial charge in [-0.15, -0.1) is 0 Å². The van der Waals surface area contributed by atoms with Gasteiger partial charge in [0.25, 0.3) is 0 Å². The Bertz CT molecular complexity index is 442. The van der Waals surface area contributed by atoms with Crippen molar-refractivity contribution in [1.29, 1.82) is 0 Å². The number of carbonyl (C=O) groups is 1. The molecule has 0 saturated carbocycles. The monoisotopic (exact) mass is 277 g/mol. The first-order valence-corrected chi connectivity index (χ1v) is 7.78. The van der Waals surface area contributed by atoms with Crippen LogP contribution in [0.1, 0.15) is 52.3 Å². The lowest BCUT2D eigenvalue weighted by Crippen LogP contribution is -2.41. The van der Waals surface area contributed by atoms with Crippen LogP contribution in [-0.4, -0.2) is 33.4 Å². The number of hydrogen-bond acceptors (Lipinski definition) is 2. The van der Waals surface area contributed by atoms with E-state index in [2.05, 4.69) is 29.6 Å². The Morgan fingerprint density at radius 3 is 2.50 bits per heavy atom. The Kier molecular flexibility index (Phi) is 4.84. The predicted octanol–water partition coefficient (Wildman–Crippen LogP) is 2.90. The van der Waals surface area contributed by atoms with Gasteiger partial charge in [-0.2, -0.15) is 0 Å². The molecule has 2 rings (SSSR count). The number of likely N-dealkylation sites (tertiary alicyclic amines) is 1. The van der Waals surface area contributed by atoms with Crippen LogP contribution in [0.4, 0.5) is 0 Å². The van der Waals surface area contributed by atoms with Gasteiger partial charge in [0, 0.05) is 43.9 Å². The largest absolute Gasteiger partial charge is 0.342 e. The van der Waals surface area contributed by atoms with E-state index in [1.54, 1.807) is 0 Å². The molecule has 0 atom stereocenters. The first-order chi connectivity index (χ1) is 9.49. The first-order valence-electron chi connectivity index (χ1n) is 7.78. The van der Waals surface area contributed by atoms with Crippen molar-refractivity contribution in [3.63, 3.8) is 0 Å². The van der Waals surface area contributed by atoms with Crippen molar-refractivity contribution in [3.05, 3.63) is 18.2 Å². The zero-order chi connectivity index (χ0) is 14.7. The molecule has 1 aromatic heterocycles. The third-order valence-corrected chi connectivity index (χ3v) is 4.14. The van der Waals surface area contributed by atoms with Crippen molar-refractivity contribution in [1.82, 2.24) is 14.5 Å². The molecule has 1 aliphatic rings. The van der Waals surface area contributed by atoms with Gasteiger partial charge in [-0.05, 0) is 18.8 Å². The molecule has 1 aliphatic heterocycles. The quantitative estimate of drug-likeness (QED) is 0.848. The minimum absolute atomic E-state index is 0.118. The standard InChI is InChI=1S/C16H27N3O/c1-12(2)15-17-7-10-19(15)11-14-5-8-18(9-6-14)16(20)13(3)4/h7,10,12-14H,5-6,8-9,11H2,1-4H3. The number of aromatic nitrogens is 2. The molecule has 4 nitrogen and oxygen atoms in total. The third-order valence-electron chi connectivity index (χ3n) is 4.14. The fourth-order valence-electron chi connectivity index (χ4n) is 2.96. The highest BCUT2D eigenvalue weighted by Gasteiger charge is 2.24. The molecule has 1 amide bonds. The van der Waals surface area contributed by atoms with Crippen LogP contribution >= 0.6 is 0 Å². The fraction of sp³-hybridized carbons (Fsp3) is 0.750. The summed E-state index contributed by atoms with van der Waals surface area (Å²) in [4.78, 5) is 18.4. The van der Waals surface area contributed by atoms with Crippen LogP contribution in [0.15, 0.2) is 12.4 Å². The highest BCUT2D eigenvalue weighted by Crippen LogP contribution is 2.22. The van der Waals surface area contributed by atoms with Gasteiger partial charge in [0.05, 0.1) is 0 Å². The molecule has 0 N–H and O–H groups in total. The minimum atomic E-state index is 0.118. The van der Waals surface area contributed by atoms with Crippen molar-refractivity contribution in [2.75, 3.05) is 13.1 Å². The molecule has 0 aromatic carbocycles. The summed E-state index contributed by atoms with van der Waals surface area (Å²) < 4.78 is 2.29. The van der Waals surface area contributed by atoms with E-state index in [0.717, 1.165) is 32.5 Å². The summed E-state index contributed by atoms with van der Waals surface area (Å²) in [7, 11) is 0. The average molecular weight is 277 g/mol. The fourth-order valence-corrected chi connectivity index (χ4v) is 2.96. The van der Waals surface area contributed by atoms with Gasteiger partial charge >= 0.3 is 0 Å². The lowest BCUT2D eigenvalue weighted by Gasteiger charge is -2.33. The molecular formula is C16H27N3O. The molecular weight excluding hydrogens is 250 g/mol. The topological polar surface area (TPSA) is 38.1 Å². The normalized spacial score (nSPS) is 17.2. The van der Waals surface area contributed by atoms with E-state index in [0.29, 0.717) is 17.7 Å². The van der Waals surface area contributed by atoms with E-state index in [1.807, 2.05) is 24.9 Å². The number of imidazole rings is 1. The Hall–Kier alpha value is -1.32. The summed E-state index contributed by atoms with van der Waals surface area (Å²) in [5, 5.41) is 0. The molecule has 112 valence electrons. The van der Waals surface area contributed by atoms with Crippen molar-refractivity contribution in [2.24, 2.45) is 11.8 Å². The second-order valence-electron chi connectivity index (χ2n) is 6.52. The highest BCUT2D eigenvalue weighted by atomic mass is 16.2. The van der Waals surface area contributed by atoms with Crippen LogP contribution in [0, 0.1) is 11.8 Å². The lowest BCUT2D eigenvalue weighted by atomic mass is 9.95. The van der Waals surface area contributed by atoms with Crippen LogP contribution in [0.25, 0.3) is 0 Å². The van der Waals surface area contributed by atoms with E-state index in [-0.39, 0.29) is 5.92 Å². The summed E-state index contributed by atoms with van der Waals surface area (Å²) in [5.41, 5.74) is 0. The van der Waals surface area contributed by atoms with Crippen LogP contribution < -0.4 is 0 Å². The molecule has 0 bridgehead atoms. The van der Waals surface area contributed by atoms with E-state index in [4.69, 9.17) is 0 Å². The Morgan fingerprint density at radius 2 is 1.95 bits per heavy atom. The second kappa shape index (κ2) is 6.42. The van der Waals surface area contributed by atoms with Crippen LogP contribution in [0.5, 0.6) is 0 Å². The van der Waals surface area contributed by atoms with Gasteiger partial charge in [-0.25, -0.2) is 4.98 Å². The molecule has 4 heteroatoms. The van der Waals surface area contributed by atoms with Crippen molar-refractivity contribution >= 4 is 5.91 Å².